The van der Waals surface area contributed by atoms with Gasteiger partial charge in [-0.15, -0.1) is 0 Å². The fourth-order valence-electron chi connectivity index (χ4n) is 0.159. The molecule has 0 bridgehead atoms. The second-order valence-corrected chi connectivity index (χ2v) is 3.38. The summed E-state index contributed by atoms with van der Waals surface area (Å²) < 4.78 is 4.94. The highest BCUT2D eigenvalue weighted by atomic mass is 16.5. The van der Waals surface area contributed by atoms with Crippen molar-refractivity contribution in [3.8, 4) is 0 Å². The van der Waals surface area contributed by atoms with Gasteiger partial charge in [-0.25, -0.2) is 0 Å². The minimum atomic E-state index is -0.0351. The SMILES string of the molecule is C=C(O)CNC=O.COC(C)(C)C. The summed E-state index contributed by atoms with van der Waals surface area (Å²) in [5, 5.41) is 10.5. The van der Waals surface area contributed by atoms with Crippen molar-refractivity contribution in [2.75, 3.05) is 13.7 Å². The summed E-state index contributed by atoms with van der Waals surface area (Å²) >= 11 is 0. The van der Waals surface area contributed by atoms with Gasteiger partial charge in [0.15, 0.2) is 0 Å². The summed E-state index contributed by atoms with van der Waals surface area (Å²) in [6.45, 7) is 9.33. The van der Waals surface area contributed by atoms with Gasteiger partial charge in [-0.3, -0.25) is 4.79 Å². The second-order valence-electron chi connectivity index (χ2n) is 3.38. The van der Waals surface area contributed by atoms with E-state index in [-0.39, 0.29) is 17.9 Å². The van der Waals surface area contributed by atoms with Gasteiger partial charge in [0, 0.05) is 7.11 Å². The van der Waals surface area contributed by atoms with Gasteiger partial charge < -0.3 is 15.2 Å². The second kappa shape index (κ2) is 7.61. The molecule has 0 aliphatic heterocycles. The standard InChI is InChI=1S/C5H12O.C4H7NO2/c1-5(2,3)6-4;1-4(7)2-5-3-6/h1-4H3;3,7H,1-2H2,(H,5,6). The van der Waals surface area contributed by atoms with E-state index in [2.05, 4.69) is 11.9 Å². The number of nitrogens with one attached hydrogen (secondary N) is 1. The third-order valence-electron chi connectivity index (χ3n) is 1.00. The lowest BCUT2D eigenvalue weighted by atomic mass is 10.2. The van der Waals surface area contributed by atoms with E-state index in [0.717, 1.165) is 0 Å². The maximum atomic E-state index is 9.45. The topological polar surface area (TPSA) is 58.6 Å². The Morgan fingerprint density at radius 2 is 2.00 bits per heavy atom. The molecule has 0 aliphatic carbocycles. The minimum absolute atomic E-state index is 0.0351. The number of carbonyl (C=O) groups excluding carboxylic acids is 1. The first-order chi connectivity index (χ1) is 5.83. The monoisotopic (exact) mass is 189 g/mol. The number of hydrogen-bond donors (Lipinski definition) is 2. The Kier molecular flexibility index (Phi) is 8.48. The van der Waals surface area contributed by atoms with Crippen molar-refractivity contribution < 1.29 is 14.6 Å². The van der Waals surface area contributed by atoms with Crippen LogP contribution in [0, 0.1) is 0 Å². The Hall–Kier alpha value is -1.03. The molecule has 0 saturated carbocycles. The van der Waals surface area contributed by atoms with Crippen LogP contribution in [-0.2, 0) is 9.53 Å². The van der Waals surface area contributed by atoms with E-state index >= 15 is 0 Å². The molecular formula is C9H19NO3. The Bertz CT molecular complexity index is 149. The fourth-order valence-corrected chi connectivity index (χ4v) is 0.159. The Balaban J connectivity index is 0. The van der Waals surface area contributed by atoms with Gasteiger partial charge in [0.25, 0.3) is 0 Å². The third kappa shape index (κ3) is 24.8. The van der Waals surface area contributed by atoms with E-state index in [1.54, 1.807) is 7.11 Å². The number of hydrogen-bond acceptors (Lipinski definition) is 3. The number of amides is 1. The lowest BCUT2D eigenvalue weighted by Gasteiger charge is -2.14. The first-order valence-corrected chi connectivity index (χ1v) is 3.92. The van der Waals surface area contributed by atoms with Crippen molar-refractivity contribution in [2.24, 2.45) is 0 Å². The van der Waals surface area contributed by atoms with Crippen LogP contribution in [0.25, 0.3) is 0 Å². The van der Waals surface area contributed by atoms with E-state index in [1.165, 1.54) is 0 Å². The fraction of sp³-hybridized carbons (Fsp3) is 0.667. The van der Waals surface area contributed by atoms with Gasteiger partial charge >= 0.3 is 0 Å². The molecule has 0 unspecified atom stereocenters. The van der Waals surface area contributed by atoms with Crippen molar-refractivity contribution in [3.63, 3.8) is 0 Å². The predicted molar refractivity (Wildman–Crippen MR) is 52.6 cm³/mol. The molecule has 0 aromatic heterocycles. The molecule has 0 radical (unpaired) electrons. The average molecular weight is 189 g/mol. The molecule has 0 aliphatic rings. The highest BCUT2D eigenvalue weighted by Crippen LogP contribution is 2.02. The van der Waals surface area contributed by atoms with E-state index in [9.17, 15) is 4.79 Å². The summed E-state index contributed by atoms with van der Waals surface area (Å²) in [5.41, 5.74) is 0.0417. The molecule has 2 N–H and O–H groups in total. The quantitative estimate of drug-likeness (QED) is 0.518. The van der Waals surface area contributed by atoms with Crippen LogP contribution in [0.3, 0.4) is 0 Å². The van der Waals surface area contributed by atoms with E-state index < -0.39 is 0 Å². The first-order valence-electron chi connectivity index (χ1n) is 3.92. The molecule has 0 spiro atoms. The average Bonchev–Trinajstić information content (AvgIpc) is 2.01. The summed E-state index contributed by atoms with van der Waals surface area (Å²) in [6.07, 6.45) is 0.501. The van der Waals surface area contributed by atoms with Crippen molar-refractivity contribution >= 4 is 6.41 Å². The molecule has 0 aromatic rings. The molecule has 13 heavy (non-hydrogen) atoms. The maximum absolute atomic E-state index is 9.45. The van der Waals surface area contributed by atoms with Crippen LogP contribution in [0.1, 0.15) is 20.8 Å². The minimum Gasteiger partial charge on any atom is -0.511 e. The molecule has 4 heteroatoms. The van der Waals surface area contributed by atoms with E-state index in [0.29, 0.717) is 6.41 Å². The van der Waals surface area contributed by atoms with Gasteiger partial charge in [-0.05, 0) is 20.8 Å². The summed E-state index contributed by atoms with van der Waals surface area (Å²) in [5.74, 6) is -0.0351. The first kappa shape index (κ1) is 14.5. The summed E-state index contributed by atoms with van der Waals surface area (Å²) in [6, 6.07) is 0. The Morgan fingerprint density at radius 3 is 2.08 bits per heavy atom. The highest BCUT2D eigenvalue weighted by molar-refractivity contribution is 5.46. The van der Waals surface area contributed by atoms with E-state index in [4.69, 9.17) is 9.84 Å². The summed E-state index contributed by atoms with van der Waals surface area (Å²) in [4.78, 5) is 9.45. The van der Waals surface area contributed by atoms with Gasteiger partial charge in [0.1, 0.15) is 5.76 Å². The Labute approximate surface area is 79.6 Å². The number of ether oxygens (including phenoxy) is 1. The maximum Gasteiger partial charge on any atom is 0.207 e. The molecule has 4 nitrogen and oxygen atoms in total. The van der Waals surface area contributed by atoms with Crippen LogP contribution in [0.4, 0.5) is 0 Å². The molecule has 1 amide bonds. The normalized spacial score (nSPS) is 9.54. The van der Waals surface area contributed by atoms with Crippen molar-refractivity contribution in [1.82, 2.24) is 5.32 Å². The predicted octanol–water partition coefficient (Wildman–Crippen LogP) is 1.24. The number of aliphatic hydroxyl groups excluding tert-OH is 1. The zero-order valence-electron chi connectivity index (χ0n) is 8.76. The van der Waals surface area contributed by atoms with Crippen LogP contribution in [0.2, 0.25) is 0 Å². The molecule has 0 saturated heterocycles. The van der Waals surface area contributed by atoms with Crippen LogP contribution >= 0.6 is 0 Å². The zero-order chi connectivity index (χ0) is 10.9. The third-order valence-corrected chi connectivity index (χ3v) is 1.00. The van der Waals surface area contributed by atoms with Crippen molar-refractivity contribution in [3.05, 3.63) is 12.3 Å². The molecule has 0 rings (SSSR count). The van der Waals surface area contributed by atoms with Gasteiger partial charge in [0.05, 0.1) is 12.1 Å². The molecule has 78 valence electrons. The molecule has 0 heterocycles. The van der Waals surface area contributed by atoms with Crippen LogP contribution in [0.15, 0.2) is 12.3 Å². The number of aliphatic hydroxyl groups is 1. The van der Waals surface area contributed by atoms with Gasteiger partial charge in [-0.2, -0.15) is 0 Å². The van der Waals surface area contributed by atoms with Crippen molar-refractivity contribution in [2.45, 2.75) is 26.4 Å². The number of methoxy groups -OCH3 is 1. The largest absolute Gasteiger partial charge is 0.511 e. The van der Waals surface area contributed by atoms with Crippen LogP contribution in [-0.4, -0.2) is 30.8 Å². The van der Waals surface area contributed by atoms with E-state index in [1.807, 2.05) is 20.8 Å². The molecule has 0 atom stereocenters. The Morgan fingerprint density at radius 1 is 1.62 bits per heavy atom. The molecular weight excluding hydrogens is 170 g/mol. The molecule has 0 aromatic carbocycles. The summed E-state index contributed by atoms with van der Waals surface area (Å²) in [7, 11) is 1.71. The molecule has 0 fully saturated rings. The lowest BCUT2D eigenvalue weighted by Crippen LogP contribution is -2.15. The zero-order valence-corrected chi connectivity index (χ0v) is 8.76. The number of rotatable bonds is 3. The van der Waals surface area contributed by atoms with Gasteiger partial charge in [-0.1, -0.05) is 6.58 Å². The van der Waals surface area contributed by atoms with Crippen molar-refractivity contribution in [1.29, 1.82) is 0 Å². The van der Waals surface area contributed by atoms with Crippen LogP contribution in [0.5, 0.6) is 0 Å². The number of carbonyl (C=O) groups is 1. The van der Waals surface area contributed by atoms with Gasteiger partial charge in [0.2, 0.25) is 6.41 Å². The lowest BCUT2D eigenvalue weighted by molar-refractivity contribution is -0.109. The highest BCUT2D eigenvalue weighted by Gasteiger charge is 2.03. The van der Waals surface area contributed by atoms with Crippen LogP contribution < -0.4 is 5.32 Å². The smallest absolute Gasteiger partial charge is 0.207 e.